The summed E-state index contributed by atoms with van der Waals surface area (Å²) in [5.74, 6) is 0. The number of nitrogens with one attached hydrogen (secondary N) is 1. The Morgan fingerprint density at radius 3 is 2.91 bits per heavy atom. The van der Waals surface area contributed by atoms with Gasteiger partial charge in [0, 0.05) is 16.8 Å². The van der Waals surface area contributed by atoms with E-state index in [0.29, 0.717) is 33.9 Å². The second-order valence-corrected chi connectivity index (χ2v) is 4.86. The molecule has 22 heavy (non-hydrogen) atoms. The first kappa shape index (κ1) is 14.1. The van der Waals surface area contributed by atoms with Crippen LogP contribution < -0.4 is 10.2 Å². The van der Waals surface area contributed by atoms with Gasteiger partial charge in [-0.3, -0.25) is 4.79 Å². The van der Waals surface area contributed by atoms with Crippen molar-refractivity contribution in [2.24, 2.45) is 0 Å². The van der Waals surface area contributed by atoms with Gasteiger partial charge in [-0.2, -0.15) is 0 Å². The Balaban J connectivity index is 1.83. The van der Waals surface area contributed by atoms with E-state index in [1.807, 2.05) is 0 Å². The third-order valence-electron chi connectivity index (χ3n) is 2.99. The number of urea groups is 1. The fourth-order valence-corrected chi connectivity index (χ4v) is 2.15. The number of carbonyl (C=O) groups excluding carboxylic acids is 2. The number of anilines is 2. The molecule has 0 atom stereocenters. The lowest BCUT2D eigenvalue weighted by Gasteiger charge is -2.16. The van der Waals surface area contributed by atoms with Crippen molar-refractivity contribution in [3.63, 3.8) is 0 Å². The molecule has 0 aliphatic carbocycles. The number of imide groups is 1. The first-order chi connectivity index (χ1) is 10.7. The Kier molecular flexibility index (Phi) is 3.76. The Hall–Kier alpha value is -2.86. The summed E-state index contributed by atoms with van der Waals surface area (Å²) in [6.45, 7) is 0. The predicted octanol–water partition coefficient (Wildman–Crippen LogP) is 3.68. The fourth-order valence-electron chi connectivity index (χ4n) is 1.97. The summed E-state index contributed by atoms with van der Waals surface area (Å²) in [7, 11) is 0. The van der Waals surface area contributed by atoms with Crippen LogP contribution in [0, 0.1) is 0 Å². The molecule has 1 aromatic heterocycles. The molecule has 2 aromatic carbocycles. The maximum absolute atomic E-state index is 12.2. The smallest absolute Gasteiger partial charge is 0.332 e. The van der Waals surface area contributed by atoms with Crippen LogP contribution in [0.4, 0.5) is 16.2 Å². The molecule has 6 nitrogen and oxygen atoms in total. The lowest BCUT2D eigenvalue weighted by molar-refractivity contribution is -0.106. The van der Waals surface area contributed by atoms with Gasteiger partial charge in [-0.1, -0.05) is 17.7 Å². The molecule has 0 saturated carbocycles. The number of halogens is 1. The van der Waals surface area contributed by atoms with E-state index in [4.69, 9.17) is 16.0 Å². The average Bonchev–Trinajstić information content (AvgIpc) is 2.95. The number of hydrogen-bond donors (Lipinski definition) is 1. The fraction of sp³-hybridized carbons (Fsp3) is 0. The number of amides is 3. The van der Waals surface area contributed by atoms with Crippen LogP contribution in [-0.4, -0.2) is 17.4 Å². The van der Waals surface area contributed by atoms with Crippen molar-refractivity contribution in [3.05, 3.63) is 53.9 Å². The summed E-state index contributed by atoms with van der Waals surface area (Å²) in [6, 6.07) is 10.8. The van der Waals surface area contributed by atoms with Crippen molar-refractivity contribution in [1.82, 2.24) is 4.98 Å². The highest BCUT2D eigenvalue weighted by molar-refractivity contribution is 6.31. The third-order valence-corrected chi connectivity index (χ3v) is 3.23. The van der Waals surface area contributed by atoms with Crippen LogP contribution in [0.2, 0.25) is 5.02 Å². The molecular weight excluding hydrogens is 306 g/mol. The number of hydrogen-bond acceptors (Lipinski definition) is 4. The quantitative estimate of drug-likeness (QED) is 0.748. The minimum absolute atomic E-state index is 0.376. The van der Waals surface area contributed by atoms with Crippen LogP contribution in [-0.2, 0) is 4.79 Å². The van der Waals surface area contributed by atoms with Gasteiger partial charge in [0.2, 0.25) is 6.41 Å². The Labute approximate surface area is 130 Å². The molecule has 1 heterocycles. The zero-order valence-electron chi connectivity index (χ0n) is 11.2. The molecule has 3 amide bonds. The van der Waals surface area contributed by atoms with Gasteiger partial charge in [-0.25, -0.2) is 14.7 Å². The highest BCUT2D eigenvalue weighted by Gasteiger charge is 2.15. The number of nitrogens with zero attached hydrogens (tertiary/aromatic N) is 2. The third kappa shape index (κ3) is 2.77. The summed E-state index contributed by atoms with van der Waals surface area (Å²) >= 11 is 5.87. The maximum atomic E-state index is 12.2. The molecule has 0 spiro atoms. The maximum Gasteiger partial charge on any atom is 0.332 e. The van der Waals surface area contributed by atoms with Crippen molar-refractivity contribution in [2.45, 2.75) is 0 Å². The summed E-state index contributed by atoms with van der Waals surface area (Å²) in [5.41, 5.74) is 2.09. The standard InChI is InChI=1S/C15H10ClN3O3/c16-10-2-1-3-12(6-10)19(9-20)15(21)18-11-4-5-13-14(7-11)22-8-17-13/h1-9H,(H,18,21). The van der Waals surface area contributed by atoms with Gasteiger partial charge in [-0.05, 0) is 30.3 Å². The molecule has 0 bridgehead atoms. The molecule has 7 heteroatoms. The van der Waals surface area contributed by atoms with Crippen LogP contribution in [0.1, 0.15) is 0 Å². The predicted molar refractivity (Wildman–Crippen MR) is 83.0 cm³/mol. The second-order valence-electron chi connectivity index (χ2n) is 4.42. The molecule has 1 N–H and O–H groups in total. The van der Waals surface area contributed by atoms with Gasteiger partial charge in [-0.15, -0.1) is 0 Å². The van der Waals surface area contributed by atoms with Crippen LogP contribution in [0.5, 0.6) is 0 Å². The summed E-state index contributed by atoms with van der Waals surface area (Å²) in [5, 5.41) is 3.05. The van der Waals surface area contributed by atoms with Gasteiger partial charge >= 0.3 is 6.03 Å². The van der Waals surface area contributed by atoms with Crippen molar-refractivity contribution in [2.75, 3.05) is 10.2 Å². The minimum Gasteiger partial charge on any atom is -0.443 e. The molecule has 0 radical (unpaired) electrons. The Morgan fingerprint density at radius 2 is 2.14 bits per heavy atom. The number of carbonyl (C=O) groups is 2. The number of rotatable bonds is 3. The van der Waals surface area contributed by atoms with Crippen molar-refractivity contribution in [3.8, 4) is 0 Å². The van der Waals surface area contributed by atoms with Gasteiger partial charge in [0.25, 0.3) is 0 Å². The molecule has 0 fully saturated rings. The van der Waals surface area contributed by atoms with Crippen LogP contribution in [0.3, 0.4) is 0 Å². The van der Waals surface area contributed by atoms with Crippen LogP contribution >= 0.6 is 11.6 Å². The highest BCUT2D eigenvalue weighted by Crippen LogP contribution is 2.21. The summed E-state index contributed by atoms with van der Waals surface area (Å²) in [4.78, 5) is 28.4. The average molecular weight is 316 g/mol. The first-order valence-electron chi connectivity index (χ1n) is 6.32. The van der Waals surface area contributed by atoms with E-state index in [2.05, 4.69) is 10.3 Å². The molecule has 3 rings (SSSR count). The zero-order valence-corrected chi connectivity index (χ0v) is 11.9. The van der Waals surface area contributed by atoms with E-state index in [1.165, 1.54) is 12.5 Å². The number of fused-ring (bicyclic) bond motifs is 1. The van der Waals surface area contributed by atoms with Crippen molar-refractivity contribution >= 4 is 46.5 Å². The van der Waals surface area contributed by atoms with Crippen LogP contribution in [0.15, 0.2) is 53.3 Å². The van der Waals surface area contributed by atoms with E-state index in [9.17, 15) is 9.59 Å². The van der Waals surface area contributed by atoms with E-state index in [1.54, 1.807) is 36.4 Å². The van der Waals surface area contributed by atoms with E-state index < -0.39 is 6.03 Å². The first-order valence-corrected chi connectivity index (χ1v) is 6.69. The summed E-state index contributed by atoms with van der Waals surface area (Å²) in [6.07, 6.45) is 1.74. The molecule has 3 aromatic rings. The van der Waals surface area contributed by atoms with Gasteiger partial charge < -0.3 is 9.73 Å². The van der Waals surface area contributed by atoms with E-state index >= 15 is 0 Å². The highest BCUT2D eigenvalue weighted by atomic mass is 35.5. The Morgan fingerprint density at radius 1 is 1.27 bits per heavy atom. The second kappa shape index (κ2) is 5.87. The molecule has 110 valence electrons. The van der Waals surface area contributed by atoms with E-state index in [0.717, 1.165) is 4.90 Å². The lowest BCUT2D eigenvalue weighted by Crippen LogP contribution is -2.33. The topological polar surface area (TPSA) is 75.4 Å². The van der Waals surface area contributed by atoms with Gasteiger partial charge in [0.05, 0.1) is 5.69 Å². The normalized spacial score (nSPS) is 10.4. The van der Waals surface area contributed by atoms with E-state index in [-0.39, 0.29) is 0 Å². The number of oxazole rings is 1. The van der Waals surface area contributed by atoms with Crippen molar-refractivity contribution in [1.29, 1.82) is 0 Å². The SMILES string of the molecule is O=CN(C(=O)Nc1ccc2ncoc2c1)c1cccc(Cl)c1. The largest absolute Gasteiger partial charge is 0.443 e. The minimum atomic E-state index is -0.601. The van der Waals surface area contributed by atoms with Gasteiger partial charge in [0.1, 0.15) is 5.52 Å². The van der Waals surface area contributed by atoms with Gasteiger partial charge in [0.15, 0.2) is 12.0 Å². The molecular formula is C15H10ClN3O3. The van der Waals surface area contributed by atoms with Crippen LogP contribution in [0.25, 0.3) is 11.1 Å². The lowest BCUT2D eigenvalue weighted by atomic mass is 10.3. The molecule has 0 aliphatic heterocycles. The zero-order chi connectivity index (χ0) is 15.5. The summed E-state index contributed by atoms with van der Waals surface area (Å²) < 4.78 is 5.16. The number of aromatic nitrogens is 1. The molecule has 0 aliphatic rings. The molecule has 0 saturated heterocycles. The number of benzene rings is 2. The molecule has 0 unspecified atom stereocenters. The Bertz CT molecular complexity index is 847. The van der Waals surface area contributed by atoms with Crippen molar-refractivity contribution < 1.29 is 14.0 Å². The monoisotopic (exact) mass is 315 g/mol.